The first-order valence-corrected chi connectivity index (χ1v) is 5.80. The zero-order chi connectivity index (χ0) is 12.4. The Balaban J connectivity index is 2.38. The van der Waals surface area contributed by atoms with E-state index in [1.54, 1.807) is 18.2 Å². The van der Waals surface area contributed by atoms with Crippen molar-refractivity contribution >= 4 is 33.1 Å². The van der Waals surface area contributed by atoms with Crippen LogP contribution in [0.15, 0.2) is 34.9 Å². The Morgan fingerprint density at radius 3 is 2.82 bits per heavy atom. The number of halogens is 2. The summed E-state index contributed by atoms with van der Waals surface area (Å²) in [5, 5.41) is 2.95. The van der Waals surface area contributed by atoms with Crippen molar-refractivity contribution in [1.82, 2.24) is 4.98 Å². The second-order valence-electron chi connectivity index (χ2n) is 3.66. The number of pyridine rings is 1. The van der Waals surface area contributed by atoms with Gasteiger partial charge < -0.3 is 11.1 Å². The van der Waals surface area contributed by atoms with E-state index in [1.165, 1.54) is 12.3 Å². The van der Waals surface area contributed by atoms with Crippen molar-refractivity contribution in [2.75, 3.05) is 11.1 Å². The molecule has 0 bridgehead atoms. The molecule has 0 unspecified atom stereocenters. The first-order chi connectivity index (χ1) is 8.08. The van der Waals surface area contributed by atoms with Gasteiger partial charge in [0.1, 0.15) is 11.6 Å². The number of nitrogens with zero attached hydrogens (tertiary/aromatic N) is 1. The molecule has 0 fully saturated rings. The second kappa shape index (κ2) is 4.71. The largest absolute Gasteiger partial charge is 0.397 e. The first-order valence-electron chi connectivity index (χ1n) is 5.01. The van der Waals surface area contributed by atoms with Crippen LogP contribution < -0.4 is 11.1 Å². The quantitative estimate of drug-likeness (QED) is 0.890. The fraction of sp³-hybridized carbons (Fsp3) is 0.0833. The van der Waals surface area contributed by atoms with Crippen molar-refractivity contribution in [3.8, 4) is 0 Å². The minimum Gasteiger partial charge on any atom is -0.397 e. The molecule has 3 nitrogen and oxygen atoms in total. The number of benzene rings is 1. The van der Waals surface area contributed by atoms with Crippen LogP contribution in [-0.2, 0) is 0 Å². The Labute approximate surface area is 107 Å². The normalized spacial score (nSPS) is 10.3. The highest BCUT2D eigenvalue weighted by atomic mass is 79.9. The van der Waals surface area contributed by atoms with Crippen LogP contribution in [0.2, 0.25) is 0 Å². The summed E-state index contributed by atoms with van der Waals surface area (Å²) in [5.74, 6) is 0.252. The summed E-state index contributed by atoms with van der Waals surface area (Å²) in [5.41, 5.74) is 7.42. The SMILES string of the molecule is Cc1cc(N)cnc1Nc1c(F)cccc1Br. The first kappa shape index (κ1) is 11.9. The van der Waals surface area contributed by atoms with Gasteiger partial charge in [0.05, 0.1) is 17.6 Å². The molecule has 0 saturated carbocycles. The van der Waals surface area contributed by atoms with Gasteiger partial charge in [0, 0.05) is 4.47 Å². The molecule has 0 amide bonds. The lowest BCUT2D eigenvalue weighted by Crippen LogP contribution is -2.00. The number of para-hydroxylation sites is 1. The van der Waals surface area contributed by atoms with Crippen LogP contribution in [0, 0.1) is 12.7 Å². The zero-order valence-corrected chi connectivity index (χ0v) is 10.8. The molecule has 17 heavy (non-hydrogen) atoms. The molecule has 2 rings (SSSR count). The molecule has 0 radical (unpaired) electrons. The average molecular weight is 296 g/mol. The van der Waals surface area contributed by atoms with E-state index in [9.17, 15) is 4.39 Å². The lowest BCUT2D eigenvalue weighted by atomic mass is 10.2. The molecule has 0 saturated heterocycles. The highest BCUT2D eigenvalue weighted by Crippen LogP contribution is 2.29. The fourth-order valence-electron chi connectivity index (χ4n) is 1.46. The van der Waals surface area contributed by atoms with Crippen molar-refractivity contribution in [3.05, 3.63) is 46.3 Å². The van der Waals surface area contributed by atoms with E-state index >= 15 is 0 Å². The van der Waals surface area contributed by atoms with Crippen molar-refractivity contribution in [1.29, 1.82) is 0 Å². The second-order valence-corrected chi connectivity index (χ2v) is 4.51. The van der Waals surface area contributed by atoms with Crippen LogP contribution in [0.25, 0.3) is 0 Å². The number of hydrogen-bond donors (Lipinski definition) is 2. The number of rotatable bonds is 2. The Morgan fingerprint density at radius 1 is 1.41 bits per heavy atom. The number of aromatic nitrogens is 1. The number of nitrogens with two attached hydrogens (primary N) is 1. The van der Waals surface area contributed by atoms with E-state index in [0.717, 1.165) is 5.56 Å². The summed E-state index contributed by atoms with van der Waals surface area (Å²) in [7, 11) is 0. The molecular formula is C12H11BrFN3. The van der Waals surface area contributed by atoms with E-state index in [-0.39, 0.29) is 5.82 Å². The van der Waals surface area contributed by atoms with Crippen LogP contribution in [0.5, 0.6) is 0 Å². The molecular weight excluding hydrogens is 285 g/mol. The van der Waals surface area contributed by atoms with Crippen LogP contribution in [0.3, 0.4) is 0 Å². The topological polar surface area (TPSA) is 50.9 Å². The maximum Gasteiger partial charge on any atom is 0.147 e. The predicted molar refractivity (Wildman–Crippen MR) is 70.8 cm³/mol. The predicted octanol–water partition coefficient (Wildman–Crippen LogP) is 3.62. The molecule has 3 N–H and O–H groups in total. The lowest BCUT2D eigenvalue weighted by Gasteiger charge is -2.11. The maximum atomic E-state index is 13.6. The number of hydrogen-bond acceptors (Lipinski definition) is 3. The molecule has 1 aromatic heterocycles. The fourth-order valence-corrected chi connectivity index (χ4v) is 1.90. The minimum atomic E-state index is -0.336. The zero-order valence-electron chi connectivity index (χ0n) is 9.17. The van der Waals surface area contributed by atoms with Gasteiger partial charge >= 0.3 is 0 Å². The van der Waals surface area contributed by atoms with Gasteiger partial charge in [-0.15, -0.1) is 0 Å². The Hall–Kier alpha value is -1.62. The van der Waals surface area contributed by atoms with E-state index in [0.29, 0.717) is 21.7 Å². The van der Waals surface area contributed by atoms with Gasteiger partial charge in [0.2, 0.25) is 0 Å². The molecule has 1 heterocycles. The van der Waals surface area contributed by atoms with Crippen LogP contribution >= 0.6 is 15.9 Å². The van der Waals surface area contributed by atoms with Crippen molar-refractivity contribution < 1.29 is 4.39 Å². The van der Waals surface area contributed by atoms with Gasteiger partial charge in [0.25, 0.3) is 0 Å². The minimum absolute atomic E-state index is 0.336. The monoisotopic (exact) mass is 295 g/mol. The van der Waals surface area contributed by atoms with Crippen molar-refractivity contribution in [3.63, 3.8) is 0 Å². The molecule has 2 aromatic rings. The third kappa shape index (κ3) is 2.55. The molecule has 5 heteroatoms. The van der Waals surface area contributed by atoms with Gasteiger partial charge in [-0.05, 0) is 46.6 Å². The molecule has 0 aliphatic heterocycles. The van der Waals surface area contributed by atoms with Crippen LogP contribution in [0.1, 0.15) is 5.56 Å². The van der Waals surface area contributed by atoms with E-state index < -0.39 is 0 Å². The van der Waals surface area contributed by atoms with E-state index in [2.05, 4.69) is 26.2 Å². The van der Waals surface area contributed by atoms with Crippen LogP contribution in [-0.4, -0.2) is 4.98 Å². The number of nitrogen functional groups attached to an aromatic ring is 1. The molecule has 0 spiro atoms. The summed E-state index contributed by atoms with van der Waals surface area (Å²) < 4.78 is 14.3. The van der Waals surface area contributed by atoms with Crippen molar-refractivity contribution in [2.45, 2.75) is 6.92 Å². The molecule has 1 aromatic carbocycles. The number of aryl methyl sites for hydroxylation is 1. The highest BCUT2D eigenvalue weighted by molar-refractivity contribution is 9.10. The van der Waals surface area contributed by atoms with Gasteiger partial charge in [-0.3, -0.25) is 0 Å². The van der Waals surface area contributed by atoms with E-state index in [1.807, 2.05) is 6.92 Å². The number of nitrogens with one attached hydrogen (secondary N) is 1. The van der Waals surface area contributed by atoms with Crippen molar-refractivity contribution in [2.24, 2.45) is 0 Å². The summed E-state index contributed by atoms with van der Waals surface area (Å²) >= 11 is 3.29. The third-order valence-electron chi connectivity index (χ3n) is 2.31. The van der Waals surface area contributed by atoms with Gasteiger partial charge in [0.15, 0.2) is 0 Å². The standard InChI is InChI=1S/C12H11BrFN3/c1-7-5-8(15)6-16-12(7)17-11-9(13)3-2-4-10(11)14/h2-6H,15H2,1H3,(H,16,17). The van der Waals surface area contributed by atoms with Gasteiger partial charge in [-0.1, -0.05) is 6.07 Å². The Morgan fingerprint density at radius 2 is 2.18 bits per heavy atom. The summed E-state index contributed by atoms with van der Waals surface area (Å²) in [4.78, 5) is 4.13. The Bertz CT molecular complexity index is 537. The summed E-state index contributed by atoms with van der Waals surface area (Å²) in [6, 6.07) is 6.57. The molecule has 0 aliphatic carbocycles. The van der Waals surface area contributed by atoms with Gasteiger partial charge in [-0.25, -0.2) is 9.37 Å². The smallest absolute Gasteiger partial charge is 0.147 e. The number of anilines is 3. The highest BCUT2D eigenvalue weighted by Gasteiger charge is 2.08. The van der Waals surface area contributed by atoms with Gasteiger partial charge in [-0.2, -0.15) is 0 Å². The third-order valence-corrected chi connectivity index (χ3v) is 2.97. The van der Waals surface area contributed by atoms with E-state index in [4.69, 9.17) is 5.73 Å². The molecule has 0 atom stereocenters. The van der Waals surface area contributed by atoms with Crippen LogP contribution in [0.4, 0.5) is 21.6 Å². The average Bonchev–Trinajstić information content (AvgIpc) is 2.26. The maximum absolute atomic E-state index is 13.6. The molecule has 88 valence electrons. The molecule has 0 aliphatic rings. The lowest BCUT2D eigenvalue weighted by molar-refractivity contribution is 0.631. The summed E-state index contributed by atoms with van der Waals surface area (Å²) in [6.07, 6.45) is 1.53. The summed E-state index contributed by atoms with van der Waals surface area (Å²) in [6.45, 7) is 1.86. The Kier molecular flexibility index (Phi) is 3.28.